The third-order valence-corrected chi connectivity index (χ3v) is 2.50. The first-order valence-corrected chi connectivity index (χ1v) is 5.51. The Morgan fingerprint density at radius 1 is 1.36 bits per heavy atom. The Morgan fingerprint density at radius 3 is 2.43 bits per heavy atom. The number of Topliss-reactive ketones (excluding diaryl/α,β-unsaturated/α-hetero) is 1. The van der Waals surface area contributed by atoms with Crippen molar-refractivity contribution in [2.45, 2.75) is 32.3 Å². The van der Waals surface area contributed by atoms with Crippen LogP contribution in [0, 0.1) is 13.8 Å². The number of carbonyl (C=O) groups is 1. The average Bonchev–Trinajstić information content (AvgIpc) is 2.01. The van der Waals surface area contributed by atoms with Gasteiger partial charge in [0.1, 0.15) is 5.78 Å². The second kappa shape index (κ2) is 5.10. The summed E-state index contributed by atoms with van der Waals surface area (Å²) in [7, 11) is 0. The maximum absolute atomic E-state index is 10.7. The molecule has 0 aliphatic carbocycles. The summed E-state index contributed by atoms with van der Waals surface area (Å²) in [6, 6.07) is 1.94. The topological polar surface area (TPSA) is 42.9 Å². The number of aromatic nitrogens is 2. The summed E-state index contributed by atoms with van der Waals surface area (Å²) in [6.45, 7) is 5.50. The van der Waals surface area contributed by atoms with E-state index in [0.29, 0.717) is 6.42 Å². The highest BCUT2D eigenvalue weighted by molar-refractivity contribution is 7.99. The molecule has 1 heterocycles. The molecule has 76 valence electrons. The molecule has 0 unspecified atom stereocenters. The standard InChI is InChI=1S/C10H14N2OS/c1-7-6-8(2)12-10(11-7)14-5-4-9(3)13/h6H,4-5H2,1-3H3. The quantitative estimate of drug-likeness (QED) is 0.564. The van der Waals surface area contributed by atoms with Crippen molar-refractivity contribution in [2.75, 3.05) is 5.75 Å². The lowest BCUT2D eigenvalue weighted by molar-refractivity contribution is -0.116. The summed E-state index contributed by atoms with van der Waals surface area (Å²) in [6.07, 6.45) is 0.584. The summed E-state index contributed by atoms with van der Waals surface area (Å²) >= 11 is 1.53. The molecule has 0 bridgehead atoms. The van der Waals surface area contributed by atoms with E-state index in [-0.39, 0.29) is 5.78 Å². The summed E-state index contributed by atoms with van der Waals surface area (Å²) in [5.41, 5.74) is 1.95. The number of thioether (sulfide) groups is 1. The van der Waals surface area contributed by atoms with Crippen molar-refractivity contribution < 1.29 is 4.79 Å². The molecule has 0 aliphatic heterocycles. The largest absolute Gasteiger partial charge is 0.300 e. The molecule has 0 saturated carbocycles. The molecule has 14 heavy (non-hydrogen) atoms. The van der Waals surface area contributed by atoms with Crippen LogP contribution in [0.5, 0.6) is 0 Å². The molecule has 0 fully saturated rings. The van der Waals surface area contributed by atoms with E-state index in [2.05, 4.69) is 9.97 Å². The Balaban J connectivity index is 2.54. The smallest absolute Gasteiger partial charge is 0.187 e. The second-order valence-electron chi connectivity index (χ2n) is 3.23. The molecule has 4 heteroatoms. The van der Waals surface area contributed by atoms with Gasteiger partial charge in [0.25, 0.3) is 0 Å². The van der Waals surface area contributed by atoms with Crippen LogP contribution in [-0.4, -0.2) is 21.5 Å². The SMILES string of the molecule is CC(=O)CCSc1nc(C)cc(C)n1. The van der Waals surface area contributed by atoms with Crippen LogP contribution in [-0.2, 0) is 4.79 Å². The molecule has 0 atom stereocenters. The molecule has 1 aromatic heterocycles. The van der Waals surface area contributed by atoms with Crippen LogP contribution in [0.4, 0.5) is 0 Å². The first-order valence-electron chi connectivity index (χ1n) is 4.52. The van der Waals surface area contributed by atoms with Crippen LogP contribution in [0.1, 0.15) is 24.7 Å². The van der Waals surface area contributed by atoms with E-state index < -0.39 is 0 Å². The molecule has 1 aromatic rings. The van der Waals surface area contributed by atoms with Gasteiger partial charge in [-0.3, -0.25) is 4.79 Å². The van der Waals surface area contributed by atoms with Gasteiger partial charge >= 0.3 is 0 Å². The van der Waals surface area contributed by atoms with Crippen LogP contribution in [0.25, 0.3) is 0 Å². The van der Waals surface area contributed by atoms with Crippen LogP contribution < -0.4 is 0 Å². The molecular weight excluding hydrogens is 196 g/mol. The lowest BCUT2D eigenvalue weighted by Gasteiger charge is -2.01. The van der Waals surface area contributed by atoms with E-state index in [1.54, 1.807) is 6.92 Å². The van der Waals surface area contributed by atoms with Gasteiger partial charge in [0.15, 0.2) is 5.16 Å². The monoisotopic (exact) mass is 210 g/mol. The summed E-state index contributed by atoms with van der Waals surface area (Å²) in [5.74, 6) is 0.972. The van der Waals surface area contributed by atoms with Crippen LogP contribution in [0.2, 0.25) is 0 Å². The first kappa shape index (κ1) is 11.2. The Bertz CT molecular complexity index is 319. The Morgan fingerprint density at radius 2 is 1.93 bits per heavy atom. The van der Waals surface area contributed by atoms with Gasteiger partial charge in [0, 0.05) is 23.6 Å². The fourth-order valence-electron chi connectivity index (χ4n) is 1.04. The minimum atomic E-state index is 0.210. The molecule has 0 saturated heterocycles. The summed E-state index contributed by atoms with van der Waals surface area (Å²) < 4.78 is 0. The van der Waals surface area contributed by atoms with Gasteiger partial charge in [0.05, 0.1) is 0 Å². The number of nitrogens with zero attached hydrogens (tertiary/aromatic N) is 2. The zero-order chi connectivity index (χ0) is 10.6. The molecule has 0 aromatic carbocycles. The summed E-state index contributed by atoms with van der Waals surface area (Å²) in [4.78, 5) is 19.3. The van der Waals surface area contributed by atoms with E-state index >= 15 is 0 Å². The molecule has 0 spiro atoms. The van der Waals surface area contributed by atoms with Crippen molar-refractivity contribution >= 4 is 17.5 Å². The predicted molar refractivity (Wildman–Crippen MR) is 57.5 cm³/mol. The van der Waals surface area contributed by atoms with Gasteiger partial charge in [-0.25, -0.2) is 9.97 Å². The Kier molecular flexibility index (Phi) is 4.07. The first-order chi connectivity index (χ1) is 6.58. The Labute approximate surface area is 88.3 Å². The number of ketones is 1. The van der Waals surface area contributed by atoms with E-state index in [0.717, 1.165) is 22.3 Å². The molecule has 1 rings (SSSR count). The maximum Gasteiger partial charge on any atom is 0.187 e. The van der Waals surface area contributed by atoms with Gasteiger partial charge < -0.3 is 0 Å². The van der Waals surface area contributed by atoms with Crippen molar-refractivity contribution in [3.05, 3.63) is 17.5 Å². The van der Waals surface area contributed by atoms with Gasteiger partial charge in [0.2, 0.25) is 0 Å². The minimum absolute atomic E-state index is 0.210. The number of carbonyl (C=O) groups excluding carboxylic acids is 1. The highest BCUT2D eigenvalue weighted by Gasteiger charge is 2.01. The third kappa shape index (κ3) is 3.87. The van der Waals surface area contributed by atoms with E-state index in [1.165, 1.54) is 11.8 Å². The normalized spacial score (nSPS) is 10.2. The summed E-state index contributed by atoms with van der Waals surface area (Å²) in [5, 5.41) is 0.767. The fraction of sp³-hybridized carbons (Fsp3) is 0.500. The predicted octanol–water partition coefficient (Wildman–Crippen LogP) is 2.16. The van der Waals surface area contributed by atoms with Gasteiger partial charge in [-0.2, -0.15) is 0 Å². The molecule has 0 amide bonds. The lowest BCUT2D eigenvalue weighted by Crippen LogP contribution is -1.96. The van der Waals surface area contributed by atoms with Crippen molar-refractivity contribution in [1.82, 2.24) is 9.97 Å². The Hall–Kier alpha value is -0.900. The number of hydrogen-bond donors (Lipinski definition) is 0. The van der Waals surface area contributed by atoms with Crippen molar-refractivity contribution in [1.29, 1.82) is 0 Å². The lowest BCUT2D eigenvalue weighted by atomic mass is 10.4. The van der Waals surface area contributed by atoms with Crippen LogP contribution >= 0.6 is 11.8 Å². The van der Waals surface area contributed by atoms with Crippen molar-refractivity contribution in [2.24, 2.45) is 0 Å². The highest BCUT2D eigenvalue weighted by Crippen LogP contribution is 2.14. The third-order valence-electron chi connectivity index (χ3n) is 1.65. The van der Waals surface area contributed by atoms with Gasteiger partial charge in [-0.05, 0) is 26.8 Å². The molecular formula is C10H14N2OS. The molecule has 0 radical (unpaired) electrons. The van der Waals surface area contributed by atoms with E-state index in [1.807, 2.05) is 19.9 Å². The van der Waals surface area contributed by atoms with Crippen LogP contribution in [0.15, 0.2) is 11.2 Å². The maximum atomic E-state index is 10.7. The van der Waals surface area contributed by atoms with E-state index in [4.69, 9.17) is 0 Å². The second-order valence-corrected chi connectivity index (χ2v) is 4.30. The number of rotatable bonds is 4. The zero-order valence-electron chi connectivity index (χ0n) is 8.70. The molecule has 0 N–H and O–H groups in total. The molecule has 0 aliphatic rings. The fourth-order valence-corrected chi connectivity index (χ4v) is 2.03. The molecule has 3 nitrogen and oxygen atoms in total. The van der Waals surface area contributed by atoms with Gasteiger partial charge in [-0.1, -0.05) is 11.8 Å². The van der Waals surface area contributed by atoms with Crippen molar-refractivity contribution in [3.8, 4) is 0 Å². The highest BCUT2D eigenvalue weighted by atomic mass is 32.2. The van der Waals surface area contributed by atoms with Crippen molar-refractivity contribution in [3.63, 3.8) is 0 Å². The number of aryl methyl sites for hydroxylation is 2. The average molecular weight is 210 g/mol. The van der Waals surface area contributed by atoms with Gasteiger partial charge in [-0.15, -0.1) is 0 Å². The van der Waals surface area contributed by atoms with E-state index in [9.17, 15) is 4.79 Å². The minimum Gasteiger partial charge on any atom is -0.300 e. The zero-order valence-corrected chi connectivity index (χ0v) is 9.52. The van der Waals surface area contributed by atoms with Crippen LogP contribution in [0.3, 0.4) is 0 Å². The number of hydrogen-bond acceptors (Lipinski definition) is 4.